The van der Waals surface area contributed by atoms with Crippen molar-refractivity contribution in [2.75, 3.05) is 27.9 Å². The molecule has 0 bridgehead atoms. The van der Waals surface area contributed by atoms with E-state index in [1.807, 2.05) is 30.3 Å². The monoisotopic (exact) mass is 517 g/mol. The first-order chi connectivity index (χ1) is 18.4. The maximum atomic E-state index is 12.3. The summed E-state index contributed by atoms with van der Waals surface area (Å²) in [7, 11) is 4.40. The molecule has 0 heterocycles. The van der Waals surface area contributed by atoms with Gasteiger partial charge in [0, 0.05) is 11.6 Å². The maximum absolute atomic E-state index is 12.3. The van der Waals surface area contributed by atoms with E-state index in [-0.39, 0.29) is 12.3 Å². The Bertz CT molecular complexity index is 1340. The third-order valence-electron chi connectivity index (χ3n) is 5.07. The minimum atomic E-state index is -0.559. The van der Waals surface area contributed by atoms with Gasteiger partial charge in [-0.1, -0.05) is 30.3 Å². The summed E-state index contributed by atoms with van der Waals surface area (Å²) in [6.07, 6.45) is 4.36. The molecule has 196 valence electrons. The highest BCUT2D eigenvalue weighted by molar-refractivity contribution is 5.97. The summed E-state index contributed by atoms with van der Waals surface area (Å²) in [5.74, 6) is -0.126. The molecule has 0 atom stereocenters. The summed E-state index contributed by atoms with van der Waals surface area (Å²) in [6, 6.07) is 18.8. The number of hydrogen-bond acceptors (Lipinski definition) is 8. The van der Waals surface area contributed by atoms with E-state index in [0.29, 0.717) is 28.4 Å². The number of rotatable bonds is 11. The zero-order chi connectivity index (χ0) is 27.3. The van der Waals surface area contributed by atoms with Gasteiger partial charge in [0.1, 0.15) is 0 Å². The van der Waals surface area contributed by atoms with Crippen LogP contribution in [0.4, 0.5) is 0 Å². The van der Waals surface area contributed by atoms with Crippen LogP contribution in [0.2, 0.25) is 0 Å². The van der Waals surface area contributed by atoms with Crippen molar-refractivity contribution in [2.24, 2.45) is 5.10 Å². The molecule has 0 fully saturated rings. The van der Waals surface area contributed by atoms with Crippen LogP contribution >= 0.6 is 0 Å². The maximum Gasteiger partial charge on any atom is 0.336 e. The lowest BCUT2D eigenvalue weighted by molar-refractivity contribution is -0.129. The Hall–Kier alpha value is -5.12. The second kappa shape index (κ2) is 13.8. The van der Waals surface area contributed by atoms with Crippen LogP contribution in [0.25, 0.3) is 6.08 Å². The molecule has 38 heavy (non-hydrogen) atoms. The van der Waals surface area contributed by atoms with E-state index < -0.39 is 17.8 Å². The Morgan fingerprint density at radius 1 is 0.789 bits per heavy atom. The van der Waals surface area contributed by atoms with E-state index in [2.05, 4.69) is 15.8 Å². The highest BCUT2D eigenvalue weighted by Crippen LogP contribution is 2.28. The molecule has 10 nitrogen and oxygen atoms in total. The average molecular weight is 518 g/mol. The van der Waals surface area contributed by atoms with Gasteiger partial charge in [0.25, 0.3) is 11.8 Å². The molecular formula is C28H27N3O7. The molecule has 0 saturated heterocycles. The van der Waals surface area contributed by atoms with Crippen LogP contribution in [-0.2, 0) is 9.59 Å². The number of nitrogens with zero attached hydrogens (tertiary/aromatic N) is 1. The Morgan fingerprint density at radius 2 is 1.47 bits per heavy atom. The Balaban J connectivity index is 1.51. The first-order valence-electron chi connectivity index (χ1n) is 11.4. The number of amides is 2. The van der Waals surface area contributed by atoms with Crippen molar-refractivity contribution in [3.05, 3.63) is 89.5 Å². The van der Waals surface area contributed by atoms with Crippen molar-refractivity contribution < 1.29 is 33.3 Å². The Labute approximate surface area is 219 Å². The molecule has 0 aromatic heterocycles. The van der Waals surface area contributed by atoms with Gasteiger partial charge in [-0.15, -0.1) is 0 Å². The zero-order valence-electron chi connectivity index (χ0n) is 21.1. The summed E-state index contributed by atoms with van der Waals surface area (Å²) < 4.78 is 21.0. The van der Waals surface area contributed by atoms with Gasteiger partial charge in [0.2, 0.25) is 0 Å². The van der Waals surface area contributed by atoms with E-state index in [4.69, 9.17) is 18.9 Å². The third kappa shape index (κ3) is 7.95. The summed E-state index contributed by atoms with van der Waals surface area (Å²) in [5, 5.41) is 6.39. The van der Waals surface area contributed by atoms with Gasteiger partial charge in [0.05, 0.1) is 34.1 Å². The fourth-order valence-electron chi connectivity index (χ4n) is 3.18. The first-order valence-corrected chi connectivity index (χ1v) is 11.4. The number of ether oxygens (including phenoxy) is 4. The molecule has 0 radical (unpaired) electrons. The van der Waals surface area contributed by atoms with Crippen molar-refractivity contribution in [3.63, 3.8) is 0 Å². The number of nitrogens with one attached hydrogen (secondary N) is 2. The Kier molecular flexibility index (Phi) is 10.00. The zero-order valence-corrected chi connectivity index (χ0v) is 21.1. The number of hydrazone groups is 1. The van der Waals surface area contributed by atoms with Crippen molar-refractivity contribution in [1.29, 1.82) is 0 Å². The molecule has 0 aliphatic carbocycles. The molecule has 2 N–H and O–H groups in total. The number of benzene rings is 3. The molecule has 0 aliphatic rings. The minimum Gasteiger partial charge on any atom is -0.493 e. The molecule has 0 aliphatic heterocycles. The van der Waals surface area contributed by atoms with E-state index in [9.17, 15) is 14.4 Å². The van der Waals surface area contributed by atoms with E-state index >= 15 is 0 Å². The molecular weight excluding hydrogens is 490 g/mol. The standard InChI is InChI=1S/C28H27N3O7/c1-35-22-13-11-21(16-25(22)37-3)28(34)29-18-26(32)31-30-17-20-9-12-23(24(15-20)36-2)38-27(33)14-10-19-7-5-4-6-8-19/h4-17H,18H2,1-3H3,(H,29,34)(H,31,32)/b14-10+,30-17-. The highest BCUT2D eigenvalue weighted by Gasteiger charge is 2.12. The minimum absolute atomic E-state index is 0.231. The van der Waals surface area contributed by atoms with Gasteiger partial charge in [0.15, 0.2) is 23.0 Å². The summed E-state index contributed by atoms with van der Waals surface area (Å²) >= 11 is 0. The van der Waals surface area contributed by atoms with Crippen LogP contribution in [0.1, 0.15) is 21.5 Å². The van der Waals surface area contributed by atoms with Crippen LogP contribution in [0.15, 0.2) is 77.9 Å². The van der Waals surface area contributed by atoms with E-state index in [0.717, 1.165) is 5.56 Å². The second-order valence-corrected chi connectivity index (χ2v) is 7.62. The van der Waals surface area contributed by atoms with Gasteiger partial charge >= 0.3 is 5.97 Å². The highest BCUT2D eigenvalue weighted by atomic mass is 16.6. The third-order valence-corrected chi connectivity index (χ3v) is 5.07. The largest absolute Gasteiger partial charge is 0.493 e. The first kappa shape index (κ1) is 27.5. The number of hydrogen-bond donors (Lipinski definition) is 2. The fraction of sp³-hybridized carbons (Fsp3) is 0.143. The predicted octanol–water partition coefficient (Wildman–Crippen LogP) is 3.21. The van der Waals surface area contributed by atoms with Gasteiger partial charge in [-0.3, -0.25) is 9.59 Å². The van der Waals surface area contributed by atoms with E-state index in [1.165, 1.54) is 39.7 Å². The average Bonchev–Trinajstić information content (AvgIpc) is 2.95. The number of carbonyl (C=O) groups is 3. The quantitative estimate of drug-likeness (QED) is 0.132. The van der Waals surface area contributed by atoms with Gasteiger partial charge in [-0.2, -0.15) is 5.10 Å². The van der Waals surface area contributed by atoms with Gasteiger partial charge in [-0.05, 0) is 53.6 Å². The smallest absolute Gasteiger partial charge is 0.336 e. The molecule has 3 aromatic carbocycles. The van der Waals surface area contributed by atoms with Crippen molar-refractivity contribution in [1.82, 2.24) is 10.7 Å². The lowest BCUT2D eigenvalue weighted by Crippen LogP contribution is -2.34. The molecule has 0 saturated carbocycles. The predicted molar refractivity (Wildman–Crippen MR) is 142 cm³/mol. The van der Waals surface area contributed by atoms with Crippen LogP contribution in [0, 0.1) is 0 Å². The Morgan fingerprint density at radius 3 is 2.18 bits per heavy atom. The lowest BCUT2D eigenvalue weighted by atomic mass is 10.2. The topological polar surface area (TPSA) is 125 Å². The number of methoxy groups -OCH3 is 3. The molecule has 3 rings (SSSR count). The molecule has 3 aromatic rings. The molecule has 0 spiro atoms. The van der Waals surface area contributed by atoms with Crippen LogP contribution in [-0.4, -0.2) is 51.9 Å². The van der Waals surface area contributed by atoms with Gasteiger partial charge < -0.3 is 24.3 Å². The van der Waals surface area contributed by atoms with Gasteiger partial charge in [-0.25, -0.2) is 10.2 Å². The number of carbonyl (C=O) groups excluding carboxylic acids is 3. The SMILES string of the molecule is COc1ccc(C(=O)NCC(=O)N/N=C\c2ccc(OC(=O)/C=C/c3ccccc3)c(OC)c2)cc1OC. The van der Waals surface area contributed by atoms with Crippen molar-refractivity contribution in [2.45, 2.75) is 0 Å². The summed E-state index contributed by atoms with van der Waals surface area (Å²) in [4.78, 5) is 36.6. The van der Waals surface area contributed by atoms with Crippen molar-refractivity contribution in [3.8, 4) is 23.0 Å². The number of esters is 1. The van der Waals surface area contributed by atoms with Crippen LogP contribution in [0.5, 0.6) is 23.0 Å². The molecule has 0 unspecified atom stereocenters. The van der Waals surface area contributed by atoms with Crippen molar-refractivity contribution >= 4 is 30.1 Å². The second-order valence-electron chi connectivity index (χ2n) is 7.62. The molecule has 10 heteroatoms. The summed E-state index contributed by atoms with van der Waals surface area (Å²) in [6.45, 7) is -0.292. The fourth-order valence-corrected chi connectivity index (χ4v) is 3.18. The summed E-state index contributed by atoms with van der Waals surface area (Å²) in [5.41, 5.74) is 4.08. The van der Waals surface area contributed by atoms with Crippen LogP contribution < -0.4 is 29.7 Å². The van der Waals surface area contributed by atoms with Crippen LogP contribution in [0.3, 0.4) is 0 Å². The lowest BCUT2D eigenvalue weighted by Gasteiger charge is -2.09. The molecule has 2 amide bonds. The van der Waals surface area contributed by atoms with E-state index in [1.54, 1.807) is 36.4 Å². The normalized spacial score (nSPS) is 10.7.